The summed E-state index contributed by atoms with van der Waals surface area (Å²) >= 11 is 0. The molecule has 2 aromatic rings. The van der Waals surface area contributed by atoms with E-state index in [9.17, 15) is 14.0 Å². The van der Waals surface area contributed by atoms with Gasteiger partial charge in [0.2, 0.25) is 5.91 Å². The van der Waals surface area contributed by atoms with E-state index in [1.807, 2.05) is 0 Å². The van der Waals surface area contributed by atoms with Gasteiger partial charge in [0.25, 0.3) is 0 Å². The first-order valence-electron chi connectivity index (χ1n) is 8.32. The number of carbonyl (C=O) groups is 2. The lowest BCUT2D eigenvalue weighted by atomic mass is 10.0. The average Bonchev–Trinajstić information content (AvgIpc) is 3.16. The molecule has 1 aromatic heterocycles. The minimum absolute atomic E-state index is 0.168. The van der Waals surface area contributed by atoms with E-state index in [0.717, 1.165) is 25.9 Å². The van der Waals surface area contributed by atoms with Crippen LogP contribution >= 0.6 is 0 Å². The van der Waals surface area contributed by atoms with Crippen molar-refractivity contribution in [3.8, 4) is 0 Å². The quantitative estimate of drug-likeness (QED) is 0.844. The van der Waals surface area contributed by atoms with E-state index in [2.05, 4.69) is 15.3 Å². The van der Waals surface area contributed by atoms with Gasteiger partial charge in [-0.05, 0) is 57.1 Å². The number of carbonyl (C=O) groups excluding carboxylic acids is 2. The molecule has 0 aliphatic carbocycles. The van der Waals surface area contributed by atoms with E-state index < -0.39 is 5.82 Å². The van der Waals surface area contributed by atoms with Crippen molar-refractivity contribution in [1.82, 2.24) is 14.7 Å². The fraction of sp³-hybridized carbons (Fsp3) is 0.389. The SMILES string of the molecule is Cc1nn(C)c(NC(=O)CN2CCCC2)c1C(=O)c1ccc(F)cc1. The summed E-state index contributed by atoms with van der Waals surface area (Å²) in [6, 6.07) is 5.34. The van der Waals surface area contributed by atoms with Gasteiger partial charge in [0, 0.05) is 12.6 Å². The van der Waals surface area contributed by atoms with Gasteiger partial charge >= 0.3 is 0 Å². The lowest BCUT2D eigenvalue weighted by Gasteiger charge is -2.15. The number of hydrogen-bond acceptors (Lipinski definition) is 4. The number of aryl methyl sites for hydroxylation is 2. The van der Waals surface area contributed by atoms with Gasteiger partial charge in [0.15, 0.2) is 5.78 Å². The van der Waals surface area contributed by atoms with Crippen molar-refractivity contribution in [3.63, 3.8) is 0 Å². The third kappa shape index (κ3) is 3.76. The molecule has 1 amide bonds. The Labute approximate surface area is 145 Å². The minimum Gasteiger partial charge on any atom is -0.309 e. The van der Waals surface area contributed by atoms with Crippen LogP contribution < -0.4 is 5.32 Å². The average molecular weight is 344 g/mol. The summed E-state index contributed by atoms with van der Waals surface area (Å²) in [4.78, 5) is 27.2. The molecular formula is C18H21FN4O2. The molecule has 0 saturated carbocycles. The number of rotatable bonds is 5. The van der Waals surface area contributed by atoms with Crippen molar-refractivity contribution in [1.29, 1.82) is 0 Å². The molecular weight excluding hydrogens is 323 g/mol. The van der Waals surface area contributed by atoms with Crippen LogP contribution in [0, 0.1) is 12.7 Å². The molecule has 0 spiro atoms. The normalized spacial score (nSPS) is 14.7. The molecule has 0 atom stereocenters. The molecule has 1 fully saturated rings. The van der Waals surface area contributed by atoms with Crippen LogP contribution in [0.25, 0.3) is 0 Å². The minimum atomic E-state index is -0.404. The van der Waals surface area contributed by atoms with Crippen LogP contribution in [0.4, 0.5) is 10.2 Å². The molecule has 0 unspecified atom stereocenters. The van der Waals surface area contributed by atoms with Crippen molar-refractivity contribution < 1.29 is 14.0 Å². The van der Waals surface area contributed by atoms with Crippen molar-refractivity contribution >= 4 is 17.5 Å². The Hall–Kier alpha value is -2.54. The highest BCUT2D eigenvalue weighted by Crippen LogP contribution is 2.23. The van der Waals surface area contributed by atoms with Crippen LogP contribution in [-0.2, 0) is 11.8 Å². The zero-order valence-electron chi connectivity index (χ0n) is 14.4. The number of hydrogen-bond donors (Lipinski definition) is 1. The Bertz CT molecular complexity index is 792. The van der Waals surface area contributed by atoms with Gasteiger partial charge in [-0.2, -0.15) is 5.10 Å². The Balaban J connectivity index is 1.83. The molecule has 1 aliphatic rings. The number of ketones is 1. The number of benzene rings is 1. The summed E-state index contributed by atoms with van der Waals surface area (Å²) in [6.07, 6.45) is 2.21. The van der Waals surface area contributed by atoms with Crippen LogP contribution in [-0.4, -0.2) is 46.0 Å². The first-order valence-corrected chi connectivity index (χ1v) is 8.32. The molecule has 1 aliphatic heterocycles. The molecule has 0 bridgehead atoms. The predicted octanol–water partition coefficient (Wildman–Crippen LogP) is 2.13. The molecule has 0 radical (unpaired) electrons. The second-order valence-electron chi connectivity index (χ2n) is 6.30. The van der Waals surface area contributed by atoms with Crippen LogP contribution in [0.15, 0.2) is 24.3 Å². The Morgan fingerprint density at radius 2 is 1.84 bits per heavy atom. The maximum absolute atomic E-state index is 13.1. The van der Waals surface area contributed by atoms with Crippen LogP contribution in [0.3, 0.4) is 0 Å². The largest absolute Gasteiger partial charge is 0.309 e. The number of nitrogens with zero attached hydrogens (tertiary/aromatic N) is 3. The van der Waals surface area contributed by atoms with E-state index in [0.29, 0.717) is 29.2 Å². The number of halogens is 1. The summed E-state index contributed by atoms with van der Waals surface area (Å²) in [7, 11) is 1.68. The summed E-state index contributed by atoms with van der Waals surface area (Å²) in [5.41, 5.74) is 1.21. The molecule has 1 saturated heterocycles. The van der Waals surface area contributed by atoms with Gasteiger partial charge in [0.05, 0.1) is 17.8 Å². The Kier molecular flexibility index (Phi) is 4.94. The first-order chi connectivity index (χ1) is 12.0. The van der Waals surface area contributed by atoms with E-state index in [1.54, 1.807) is 14.0 Å². The van der Waals surface area contributed by atoms with Gasteiger partial charge in [-0.15, -0.1) is 0 Å². The monoisotopic (exact) mass is 344 g/mol. The second kappa shape index (κ2) is 7.14. The van der Waals surface area contributed by atoms with Crippen molar-refractivity contribution in [2.24, 2.45) is 7.05 Å². The van der Waals surface area contributed by atoms with Crippen molar-refractivity contribution in [2.45, 2.75) is 19.8 Å². The summed E-state index contributed by atoms with van der Waals surface area (Å²) < 4.78 is 14.6. The standard InChI is InChI=1S/C18H21FN4O2/c1-12-16(17(25)13-5-7-14(19)8-6-13)18(22(2)21-12)20-15(24)11-23-9-3-4-10-23/h5-8H,3-4,9-11H2,1-2H3,(H,20,24). The molecule has 2 heterocycles. The highest BCUT2D eigenvalue weighted by molar-refractivity contribution is 6.14. The molecule has 7 heteroatoms. The Morgan fingerprint density at radius 1 is 1.20 bits per heavy atom. The van der Waals surface area contributed by atoms with E-state index in [1.165, 1.54) is 28.9 Å². The van der Waals surface area contributed by atoms with Crippen LogP contribution in [0.2, 0.25) is 0 Å². The van der Waals surface area contributed by atoms with E-state index >= 15 is 0 Å². The lowest BCUT2D eigenvalue weighted by Crippen LogP contribution is -2.31. The van der Waals surface area contributed by atoms with Crippen LogP contribution in [0.1, 0.15) is 34.5 Å². The number of amides is 1. The van der Waals surface area contributed by atoms with Gasteiger partial charge < -0.3 is 5.32 Å². The fourth-order valence-electron chi connectivity index (χ4n) is 3.13. The second-order valence-corrected chi connectivity index (χ2v) is 6.30. The first kappa shape index (κ1) is 17.3. The molecule has 132 valence electrons. The Morgan fingerprint density at radius 3 is 2.48 bits per heavy atom. The zero-order valence-corrected chi connectivity index (χ0v) is 14.4. The van der Waals surface area contributed by atoms with E-state index in [4.69, 9.17) is 0 Å². The third-order valence-corrected chi connectivity index (χ3v) is 4.38. The zero-order chi connectivity index (χ0) is 18.0. The predicted molar refractivity (Wildman–Crippen MR) is 92.1 cm³/mol. The van der Waals surface area contributed by atoms with Crippen molar-refractivity contribution in [2.75, 3.05) is 25.0 Å². The highest BCUT2D eigenvalue weighted by Gasteiger charge is 2.24. The van der Waals surface area contributed by atoms with Gasteiger partial charge in [-0.3, -0.25) is 19.2 Å². The van der Waals surface area contributed by atoms with Gasteiger partial charge in [0.1, 0.15) is 11.6 Å². The molecule has 25 heavy (non-hydrogen) atoms. The van der Waals surface area contributed by atoms with Crippen molar-refractivity contribution in [3.05, 3.63) is 46.9 Å². The number of likely N-dealkylation sites (tertiary alicyclic amines) is 1. The third-order valence-electron chi connectivity index (χ3n) is 4.38. The smallest absolute Gasteiger partial charge is 0.239 e. The van der Waals surface area contributed by atoms with Gasteiger partial charge in [-0.25, -0.2) is 4.39 Å². The maximum atomic E-state index is 13.1. The number of nitrogens with one attached hydrogen (secondary N) is 1. The molecule has 3 rings (SSSR count). The summed E-state index contributed by atoms with van der Waals surface area (Å²) in [6.45, 7) is 3.85. The summed E-state index contributed by atoms with van der Waals surface area (Å²) in [5, 5.41) is 7.07. The highest BCUT2D eigenvalue weighted by atomic mass is 19.1. The summed E-state index contributed by atoms with van der Waals surface area (Å²) in [5.74, 6) is -0.491. The topological polar surface area (TPSA) is 67.2 Å². The number of anilines is 1. The van der Waals surface area contributed by atoms with E-state index in [-0.39, 0.29) is 11.7 Å². The molecule has 6 nitrogen and oxygen atoms in total. The van der Waals surface area contributed by atoms with Gasteiger partial charge in [-0.1, -0.05) is 0 Å². The van der Waals surface area contributed by atoms with Crippen LogP contribution in [0.5, 0.6) is 0 Å². The maximum Gasteiger partial charge on any atom is 0.239 e. The number of aromatic nitrogens is 2. The fourth-order valence-corrected chi connectivity index (χ4v) is 3.13. The molecule has 1 aromatic carbocycles. The molecule has 1 N–H and O–H groups in total. The lowest BCUT2D eigenvalue weighted by molar-refractivity contribution is -0.117.